The Morgan fingerprint density at radius 3 is 2.14 bits per heavy atom. The van der Waals surface area contributed by atoms with Crippen molar-refractivity contribution in [3.8, 4) is 28.7 Å². The van der Waals surface area contributed by atoms with Gasteiger partial charge in [0, 0.05) is 22.6 Å². The zero-order valence-corrected chi connectivity index (χ0v) is 24.9. The number of methoxy groups -OCH3 is 5. The molecule has 220 valence electrons. The molecule has 1 saturated carbocycles. The molecule has 1 aliphatic heterocycles. The molecule has 1 fully saturated rings. The van der Waals surface area contributed by atoms with Gasteiger partial charge in [-0.3, -0.25) is 9.79 Å². The Bertz CT molecular complexity index is 1520. The lowest BCUT2D eigenvalue weighted by Crippen LogP contribution is -2.29. The molecule has 1 amide bonds. The first-order valence-electron chi connectivity index (χ1n) is 14.0. The quantitative estimate of drug-likeness (QED) is 0.259. The summed E-state index contributed by atoms with van der Waals surface area (Å²) in [6, 6.07) is 15.7. The van der Waals surface area contributed by atoms with E-state index >= 15 is 0 Å². The van der Waals surface area contributed by atoms with Crippen molar-refractivity contribution in [2.45, 2.75) is 44.6 Å². The van der Waals surface area contributed by atoms with Crippen LogP contribution >= 0.6 is 0 Å². The first kappa shape index (κ1) is 29.0. The van der Waals surface area contributed by atoms with Crippen LogP contribution in [0, 0.1) is 0 Å². The molecule has 42 heavy (non-hydrogen) atoms. The van der Waals surface area contributed by atoms with Crippen LogP contribution in [0.4, 0.5) is 0 Å². The predicted octanol–water partition coefficient (Wildman–Crippen LogP) is 5.76. The van der Waals surface area contributed by atoms with E-state index in [0.29, 0.717) is 40.2 Å². The van der Waals surface area contributed by atoms with E-state index in [1.54, 1.807) is 26.4 Å². The number of benzene rings is 3. The van der Waals surface area contributed by atoms with Crippen LogP contribution in [0.2, 0.25) is 0 Å². The van der Waals surface area contributed by atoms with Crippen molar-refractivity contribution in [1.82, 2.24) is 5.43 Å². The number of carbonyl (C=O) groups is 1. The SMILES string of the molecule is COc1cc2c(cc1OC)[C@H]1CCCC[C@H]1N=C2c1cccc(C(C)=NNC(=O)c2cc(OC)c(OC)c(OC)c2)c1. The summed E-state index contributed by atoms with van der Waals surface area (Å²) in [6.07, 6.45) is 4.56. The summed E-state index contributed by atoms with van der Waals surface area (Å²) < 4.78 is 27.4. The van der Waals surface area contributed by atoms with E-state index in [1.165, 1.54) is 39.7 Å². The van der Waals surface area contributed by atoms with E-state index in [4.69, 9.17) is 28.7 Å². The van der Waals surface area contributed by atoms with Gasteiger partial charge < -0.3 is 23.7 Å². The second kappa shape index (κ2) is 12.5. The molecule has 1 heterocycles. The van der Waals surface area contributed by atoms with Crippen LogP contribution in [0.25, 0.3) is 0 Å². The summed E-state index contributed by atoms with van der Waals surface area (Å²) in [5.74, 6) is 2.57. The summed E-state index contributed by atoms with van der Waals surface area (Å²) >= 11 is 0. The fourth-order valence-electron chi connectivity index (χ4n) is 5.87. The van der Waals surface area contributed by atoms with Gasteiger partial charge in [-0.2, -0.15) is 5.10 Å². The van der Waals surface area contributed by atoms with E-state index in [1.807, 2.05) is 25.1 Å². The Morgan fingerprint density at radius 1 is 0.810 bits per heavy atom. The maximum absolute atomic E-state index is 13.0. The smallest absolute Gasteiger partial charge is 0.271 e. The minimum Gasteiger partial charge on any atom is -0.493 e. The zero-order valence-electron chi connectivity index (χ0n) is 24.9. The highest BCUT2D eigenvalue weighted by molar-refractivity contribution is 6.16. The average molecular weight is 572 g/mol. The molecule has 1 N–H and O–H groups in total. The van der Waals surface area contributed by atoms with Crippen molar-refractivity contribution in [3.63, 3.8) is 0 Å². The Kier molecular flexibility index (Phi) is 8.66. The Morgan fingerprint density at radius 2 is 1.48 bits per heavy atom. The molecule has 0 unspecified atom stereocenters. The van der Waals surface area contributed by atoms with Crippen LogP contribution in [0.1, 0.15) is 71.1 Å². The number of aliphatic imine (C=N–C) groups is 1. The van der Waals surface area contributed by atoms with E-state index < -0.39 is 5.91 Å². The molecule has 0 spiro atoms. The molecule has 9 heteroatoms. The lowest BCUT2D eigenvalue weighted by molar-refractivity contribution is 0.0954. The molecule has 2 aliphatic rings. The van der Waals surface area contributed by atoms with Crippen molar-refractivity contribution in [1.29, 1.82) is 0 Å². The van der Waals surface area contributed by atoms with Gasteiger partial charge in [-0.25, -0.2) is 5.43 Å². The minimum atomic E-state index is -0.403. The third-order valence-electron chi connectivity index (χ3n) is 8.04. The fraction of sp³-hybridized carbons (Fsp3) is 0.364. The molecule has 2 atom stereocenters. The van der Waals surface area contributed by atoms with Crippen molar-refractivity contribution in [2.75, 3.05) is 35.5 Å². The Labute approximate surface area is 246 Å². The molecule has 3 aromatic rings. The van der Waals surface area contributed by atoms with Gasteiger partial charge in [-0.15, -0.1) is 0 Å². The monoisotopic (exact) mass is 571 g/mol. The second-order valence-electron chi connectivity index (χ2n) is 10.4. The number of hydrogen-bond acceptors (Lipinski definition) is 8. The number of amides is 1. The highest BCUT2D eigenvalue weighted by Crippen LogP contribution is 2.45. The fourth-order valence-corrected chi connectivity index (χ4v) is 5.87. The van der Waals surface area contributed by atoms with Gasteiger partial charge in [-0.05, 0) is 61.2 Å². The molecular formula is C33H37N3O6. The largest absolute Gasteiger partial charge is 0.493 e. The van der Waals surface area contributed by atoms with Gasteiger partial charge >= 0.3 is 0 Å². The molecule has 0 aromatic heterocycles. The zero-order chi connectivity index (χ0) is 29.8. The van der Waals surface area contributed by atoms with E-state index in [2.05, 4.69) is 28.7 Å². The number of hydrogen-bond donors (Lipinski definition) is 1. The highest BCUT2D eigenvalue weighted by Gasteiger charge is 2.34. The van der Waals surface area contributed by atoms with Crippen LogP contribution in [0.3, 0.4) is 0 Å². The predicted molar refractivity (Wildman–Crippen MR) is 162 cm³/mol. The molecular weight excluding hydrogens is 534 g/mol. The third-order valence-corrected chi connectivity index (χ3v) is 8.04. The number of carbonyl (C=O) groups excluding carboxylic acids is 1. The summed E-state index contributed by atoms with van der Waals surface area (Å²) in [5, 5.41) is 4.40. The molecule has 3 aromatic carbocycles. The minimum absolute atomic E-state index is 0.232. The maximum Gasteiger partial charge on any atom is 0.271 e. The van der Waals surface area contributed by atoms with Crippen molar-refractivity contribution < 1.29 is 28.5 Å². The van der Waals surface area contributed by atoms with Crippen LogP contribution in [0.5, 0.6) is 28.7 Å². The summed E-state index contributed by atoms with van der Waals surface area (Å²) in [6.45, 7) is 1.86. The van der Waals surface area contributed by atoms with Gasteiger partial charge in [0.05, 0.1) is 53.0 Å². The molecule has 0 bridgehead atoms. The lowest BCUT2D eigenvalue weighted by Gasteiger charge is -2.35. The highest BCUT2D eigenvalue weighted by atomic mass is 16.5. The van der Waals surface area contributed by atoms with E-state index in [9.17, 15) is 4.79 Å². The molecule has 0 radical (unpaired) electrons. The van der Waals surface area contributed by atoms with Crippen molar-refractivity contribution >= 4 is 17.3 Å². The number of nitrogens with one attached hydrogen (secondary N) is 1. The molecule has 5 rings (SSSR count). The van der Waals surface area contributed by atoms with Gasteiger partial charge in [-0.1, -0.05) is 31.0 Å². The topological polar surface area (TPSA) is 100.0 Å². The van der Waals surface area contributed by atoms with Crippen LogP contribution in [-0.4, -0.2) is 58.9 Å². The van der Waals surface area contributed by atoms with Gasteiger partial charge in [0.25, 0.3) is 5.91 Å². The normalized spacial score (nSPS) is 17.8. The van der Waals surface area contributed by atoms with E-state index in [0.717, 1.165) is 41.0 Å². The Balaban J connectivity index is 1.45. The molecule has 1 aliphatic carbocycles. The number of fused-ring (bicyclic) bond motifs is 3. The summed E-state index contributed by atoms with van der Waals surface area (Å²) in [7, 11) is 7.85. The molecule has 0 saturated heterocycles. The first-order chi connectivity index (χ1) is 20.4. The van der Waals surface area contributed by atoms with Crippen molar-refractivity contribution in [2.24, 2.45) is 10.1 Å². The molecule has 9 nitrogen and oxygen atoms in total. The first-order valence-corrected chi connectivity index (χ1v) is 14.0. The van der Waals surface area contributed by atoms with Gasteiger partial charge in [0.15, 0.2) is 23.0 Å². The summed E-state index contributed by atoms with van der Waals surface area (Å²) in [5.41, 5.74) is 8.75. The summed E-state index contributed by atoms with van der Waals surface area (Å²) in [4.78, 5) is 18.3. The van der Waals surface area contributed by atoms with Crippen LogP contribution in [-0.2, 0) is 0 Å². The second-order valence-corrected chi connectivity index (χ2v) is 10.4. The van der Waals surface area contributed by atoms with Gasteiger partial charge in [0.2, 0.25) is 5.75 Å². The lowest BCUT2D eigenvalue weighted by atomic mass is 9.75. The number of hydrazone groups is 1. The van der Waals surface area contributed by atoms with Gasteiger partial charge in [0.1, 0.15) is 0 Å². The number of ether oxygens (including phenoxy) is 5. The maximum atomic E-state index is 13.0. The van der Waals surface area contributed by atoms with Crippen LogP contribution in [0.15, 0.2) is 58.6 Å². The average Bonchev–Trinajstić information content (AvgIpc) is 3.05. The third kappa shape index (κ3) is 5.51. The number of rotatable bonds is 9. The van der Waals surface area contributed by atoms with Crippen LogP contribution < -0.4 is 29.1 Å². The number of nitrogens with zero attached hydrogens (tertiary/aromatic N) is 2. The van der Waals surface area contributed by atoms with Crippen molar-refractivity contribution in [3.05, 3.63) is 76.3 Å². The van der Waals surface area contributed by atoms with E-state index in [-0.39, 0.29) is 6.04 Å². The Hall–Kier alpha value is -4.53. The standard InChI is InChI=1S/C33H37N3O6/c1-19(35-36-33(37)22-15-29(40-4)32(42-6)30(16-22)41-5)20-10-9-11-21(14-20)31-25-18-28(39-3)27(38-2)17-24(25)23-12-7-8-13-26(23)34-31/h9-11,14-18,23,26H,7-8,12-13H2,1-6H3,(H,36,37)/t23-,26-/m1/s1.